The molecule has 0 spiro atoms. The summed E-state index contributed by atoms with van der Waals surface area (Å²) in [5.74, 6) is 0.736. The minimum atomic E-state index is -3.81. The summed E-state index contributed by atoms with van der Waals surface area (Å²) in [4.78, 5) is 14.6. The number of amides is 1. The van der Waals surface area contributed by atoms with Crippen LogP contribution in [0.3, 0.4) is 0 Å². The number of sulfonamides is 1. The Labute approximate surface area is 180 Å². The summed E-state index contributed by atoms with van der Waals surface area (Å²) in [7, 11) is -0.771. The average molecular weight is 450 g/mol. The van der Waals surface area contributed by atoms with Gasteiger partial charge in [-0.25, -0.2) is 0 Å². The first-order chi connectivity index (χ1) is 14.4. The van der Waals surface area contributed by atoms with Gasteiger partial charge in [-0.05, 0) is 30.7 Å². The predicted molar refractivity (Wildman–Crippen MR) is 119 cm³/mol. The molecular formula is C20H23N3O5S2. The van der Waals surface area contributed by atoms with E-state index in [0.29, 0.717) is 29.4 Å². The second kappa shape index (κ2) is 9.40. The molecule has 3 rings (SSSR count). The number of fused-ring (bicyclic) bond motifs is 1. The van der Waals surface area contributed by atoms with Gasteiger partial charge in [-0.15, -0.1) is 4.40 Å². The molecule has 2 aromatic carbocycles. The molecular weight excluding hydrogens is 426 g/mol. The van der Waals surface area contributed by atoms with Crippen molar-refractivity contribution in [2.24, 2.45) is 4.40 Å². The topological polar surface area (TPSA) is 97.3 Å². The normalized spacial score (nSPS) is 14.5. The van der Waals surface area contributed by atoms with Crippen molar-refractivity contribution in [3.8, 4) is 11.5 Å². The van der Waals surface area contributed by atoms with Gasteiger partial charge < -0.3 is 19.7 Å². The Morgan fingerprint density at radius 3 is 2.63 bits per heavy atom. The number of amidine groups is 1. The van der Waals surface area contributed by atoms with Crippen LogP contribution >= 0.6 is 11.8 Å². The highest BCUT2D eigenvalue weighted by Crippen LogP contribution is 2.34. The number of nitrogens with zero attached hydrogens (tertiary/aromatic N) is 2. The number of hydrogen-bond donors (Lipinski definition) is 1. The number of para-hydroxylation sites is 1. The minimum absolute atomic E-state index is 0.0168. The summed E-state index contributed by atoms with van der Waals surface area (Å²) >= 11 is 1.07. The molecule has 1 N–H and O–H groups in total. The molecule has 1 amide bonds. The molecule has 1 aliphatic heterocycles. The molecule has 2 aromatic rings. The van der Waals surface area contributed by atoms with E-state index in [1.165, 1.54) is 14.2 Å². The van der Waals surface area contributed by atoms with Crippen molar-refractivity contribution in [1.82, 2.24) is 0 Å². The summed E-state index contributed by atoms with van der Waals surface area (Å²) in [6.07, 6.45) is 0.793. The third-order valence-corrected chi connectivity index (χ3v) is 6.73. The third kappa shape index (κ3) is 4.71. The van der Waals surface area contributed by atoms with Gasteiger partial charge in [-0.3, -0.25) is 4.79 Å². The Balaban J connectivity index is 1.78. The first-order valence-electron chi connectivity index (χ1n) is 9.25. The number of ether oxygens (including phenoxy) is 2. The molecule has 0 atom stereocenters. The fourth-order valence-electron chi connectivity index (χ4n) is 2.97. The maximum Gasteiger partial charge on any atom is 0.286 e. The first kappa shape index (κ1) is 22.0. The number of anilines is 2. The SMILES string of the molecule is CCCN1C(SCC(=O)Nc2cc(OC)ccc2OC)=NS(=O)(=O)c2ccccc21. The van der Waals surface area contributed by atoms with Crippen LogP contribution in [0.15, 0.2) is 51.8 Å². The van der Waals surface area contributed by atoms with Crippen molar-refractivity contribution < 1.29 is 22.7 Å². The molecule has 0 saturated heterocycles. The van der Waals surface area contributed by atoms with Crippen LogP contribution in [0.1, 0.15) is 13.3 Å². The molecule has 0 unspecified atom stereocenters. The lowest BCUT2D eigenvalue weighted by molar-refractivity contribution is -0.113. The van der Waals surface area contributed by atoms with E-state index < -0.39 is 10.0 Å². The van der Waals surface area contributed by atoms with Gasteiger partial charge >= 0.3 is 0 Å². The Kier molecular flexibility index (Phi) is 6.88. The molecule has 8 nitrogen and oxygen atoms in total. The van der Waals surface area contributed by atoms with Crippen LogP contribution in [0.2, 0.25) is 0 Å². The summed E-state index contributed by atoms with van der Waals surface area (Å²) in [6.45, 7) is 2.58. The number of carbonyl (C=O) groups excluding carboxylic acids is 1. The standard InChI is InChI=1S/C20H23N3O5S2/c1-4-11-23-16-7-5-6-8-18(16)30(25,26)22-20(23)29-13-19(24)21-15-12-14(27-2)9-10-17(15)28-3/h5-10,12H,4,11,13H2,1-3H3,(H,21,24). The van der Waals surface area contributed by atoms with Gasteiger partial charge in [-0.2, -0.15) is 8.42 Å². The van der Waals surface area contributed by atoms with Gasteiger partial charge in [0.25, 0.3) is 10.0 Å². The van der Waals surface area contributed by atoms with E-state index in [-0.39, 0.29) is 21.7 Å². The maximum atomic E-state index is 12.6. The van der Waals surface area contributed by atoms with Crippen molar-refractivity contribution in [3.05, 3.63) is 42.5 Å². The zero-order chi connectivity index (χ0) is 21.7. The highest BCUT2D eigenvalue weighted by Gasteiger charge is 2.30. The van der Waals surface area contributed by atoms with Crippen LogP contribution in [0, 0.1) is 0 Å². The lowest BCUT2D eigenvalue weighted by atomic mass is 10.2. The molecule has 1 heterocycles. The highest BCUT2D eigenvalue weighted by molar-refractivity contribution is 8.15. The number of rotatable bonds is 7. The van der Waals surface area contributed by atoms with E-state index in [4.69, 9.17) is 9.47 Å². The summed E-state index contributed by atoms with van der Waals surface area (Å²) in [5, 5.41) is 3.06. The molecule has 1 aliphatic rings. The number of methoxy groups -OCH3 is 2. The van der Waals surface area contributed by atoms with Crippen molar-refractivity contribution in [1.29, 1.82) is 0 Å². The smallest absolute Gasteiger partial charge is 0.286 e. The Hall–Kier alpha value is -2.72. The summed E-state index contributed by atoms with van der Waals surface area (Å²) in [6, 6.07) is 11.8. The van der Waals surface area contributed by atoms with Gasteiger partial charge in [0.05, 0.1) is 31.3 Å². The van der Waals surface area contributed by atoms with Crippen LogP contribution in [-0.4, -0.2) is 46.0 Å². The number of carbonyl (C=O) groups is 1. The molecule has 0 aliphatic carbocycles. The van der Waals surface area contributed by atoms with Crippen LogP contribution in [0.25, 0.3) is 0 Å². The molecule has 0 radical (unpaired) electrons. The van der Waals surface area contributed by atoms with E-state index in [0.717, 1.165) is 18.2 Å². The van der Waals surface area contributed by atoms with Crippen LogP contribution in [0.4, 0.5) is 11.4 Å². The quantitative estimate of drug-likeness (QED) is 0.692. The third-order valence-electron chi connectivity index (χ3n) is 4.32. The minimum Gasteiger partial charge on any atom is -0.497 e. The average Bonchev–Trinajstić information content (AvgIpc) is 2.74. The number of nitrogens with one attached hydrogen (secondary N) is 1. The number of thioether (sulfide) groups is 1. The predicted octanol–water partition coefficient (Wildman–Crippen LogP) is 3.35. The molecule has 0 fully saturated rings. The van der Waals surface area contributed by atoms with E-state index >= 15 is 0 Å². The molecule has 0 saturated carbocycles. The number of hydrogen-bond acceptors (Lipinski definition) is 7. The van der Waals surface area contributed by atoms with Crippen LogP contribution < -0.4 is 19.7 Å². The van der Waals surface area contributed by atoms with Gasteiger partial charge in [0.15, 0.2) is 5.17 Å². The monoisotopic (exact) mass is 449 g/mol. The maximum absolute atomic E-state index is 12.6. The van der Waals surface area contributed by atoms with Crippen molar-refractivity contribution in [3.63, 3.8) is 0 Å². The van der Waals surface area contributed by atoms with Crippen LogP contribution in [-0.2, 0) is 14.8 Å². The lowest BCUT2D eigenvalue weighted by Gasteiger charge is -2.29. The Morgan fingerprint density at radius 2 is 1.93 bits per heavy atom. The first-order valence-corrected chi connectivity index (χ1v) is 11.7. The molecule has 0 aromatic heterocycles. The molecule has 0 bridgehead atoms. The van der Waals surface area contributed by atoms with Gasteiger partial charge in [0.2, 0.25) is 5.91 Å². The van der Waals surface area contributed by atoms with Gasteiger partial charge in [0, 0.05) is 12.6 Å². The van der Waals surface area contributed by atoms with E-state index in [1.807, 2.05) is 11.8 Å². The van der Waals surface area contributed by atoms with E-state index in [2.05, 4.69) is 9.71 Å². The Bertz CT molecular complexity index is 1070. The Morgan fingerprint density at radius 1 is 1.17 bits per heavy atom. The van der Waals surface area contributed by atoms with Crippen molar-refractivity contribution in [2.45, 2.75) is 18.2 Å². The fourth-order valence-corrected chi connectivity index (χ4v) is 5.25. The molecule has 10 heteroatoms. The van der Waals surface area contributed by atoms with Gasteiger partial charge in [-0.1, -0.05) is 30.8 Å². The summed E-state index contributed by atoms with van der Waals surface area (Å²) in [5.41, 5.74) is 1.04. The largest absolute Gasteiger partial charge is 0.497 e. The van der Waals surface area contributed by atoms with E-state index in [9.17, 15) is 13.2 Å². The lowest BCUT2D eigenvalue weighted by Crippen LogP contribution is -2.35. The van der Waals surface area contributed by atoms with E-state index in [1.54, 1.807) is 42.5 Å². The zero-order valence-electron chi connectivity index (χ0n) is 16.9. The van der Waals surface area contributed by atoms with Crippen LogP contribution in [0.5, 0.6) is 11.5 Å². The molecule has 30 heavy (non-hydrogen) atoms. The van der Waals surface area contributed by atoms with Crippen molar-refractivity contribution >= 4 is 44.2 Å². The fraction of sp³-hybridized carbons (Fsp3) is 0.300. The second-order valence-electron chi connectivity index (χ2n) is 6.37. The molecule has 160 valence electrons. The van der Waals surface area contributed by atoms with Crippen molar-refractivity contribution in [2.75, 3.05) is 36.7 Å². The number of benzene rings is 2. The second-order valence-corrected chi connectivity index (χ2v) is 8.89. The summed E-state index contributed by atoms with van der Waals surface area (Å²) < 4.78 is 39.5. The highest BCUT2D eigenvalue weighted by atomic mass is 32.2. The zero-order valence-corrected chi connectivity index (χ0v) is 18.5. The van der Waals surface area contributed by atoms with Gasteiger partial charge in [0.1, 0.15) is 16.4 Å².